The van der Waals surface area contributed by atoms with E-state index in [0.717, 1.165) is 12.1 Å². The fourth-order valence-electron chi connectivity index (χ4n) is 3.55. The van der Waals surface area contributed by atoms with Gasteiger partial charge in [0.1, 0.15) is 5.76 Å². The van der Waals surface area contributed by atoms with Gasteiger partial charge < -0.3 is 19.7 Å². The summed E-state index contributed by atoms with van der Waals surface area (Å²) < 4.78 is 45.4. The van der Waals surface area contributed by atoms with Gasteiger partial charge in [0.05, 0.1) is 22.5 Å². The van der Waals surface area contributed by atoms with Gasteiger partial charge in [-0.25, -0.2) is 0 Å². The van der Waals surface area contributed by atoms with E-state index >= 15 is 0 Å². The molecule has 0 unspecified atom stereocenters. The second-order valence-corrected chi connectivity index (χ2v) is 7.75. The maximum Gasteiger partial charge on any atom is 0.416 e. The minimum atomic E-state index is -4.56. The molecule has 1 aliphatic heterocycles. The van der Waals surface area contributed by atoms with E-state index in [1.807, 2.05) is 0 Å². The van der Waals surface area contributed by atoms with E-state index in [-0.39, 0.29) is 18.0 Å². The first-order chi connectivity index (χ1) is 14.6. The number of amides is 1. The second-order valence-electron chi connectivity index (χ2n) is 7.75. The molecule has 162 valence electrons. The Hall–Kier alpha value is -3.33. The molecule has 3 aromatic rings. The Morgan fingerprint density at radius 2 is 1.94 bits per heavy atom. The number of β-amino-alcohol motifs (C(OH)–C–C–N with tert-alkyl or cyclic N) is 1. The van der Waals surface area contributed by atoms with E-state index in [1.165, 1.54) is 12.1 Å². The molecular formula is C22H20F3N3O3. The number of hydrogen-bond acceptors (Lipinski definition) is 5. The summed E-state index contributed by atoms with van der Waals surface area (Å²) in [4.78, 5) is 18.4. The minimum Gasteiger partial charge on any atom is -0.451 e. The molecule has 1 fully saturated rings. The van der Waals surface area contributed by atoms with Crippen molar-refractivity contribution in [1.29, 1.82) is 0 Å². The second kappa shape index (κ2) is 7.73. The summed E-state index contributed by atoms with van der Waals surface area (Å²) >= 11 is 0. The van der Waals surface area contributed by atoms with Gasteiger partial charge in [0.15, 0.2) is 5.76 Å². The molecule has 31 heavy (non-hydrogen) atoms. The van der Waals surface area contributed by atoms with Crippen molar-refractivity contribution in [1.82, 2.24) is 4.98 Å². The van der Waals surface area contributed by atoms with Crippen LogP contribution in [0.3, 0.4) is 0 Å². The molecule has 9 heteroatoms. The van der Waals surface area contributed by atoms with Gasteiger partial charge in [0, 0.05) is 31.0 Å². The summed E-state index contributed by atoms with van der Waals surface area (Å²) in [6, 6.07) is 9.66. The Morgan fingerprint density at radius 1 is 1.19 bits per heavy atom. The third-order valence-corrected chi connectivity index (χ3v) is 5.16. The van der Waals surface area contributed by atoms with Crippen LogP contribution in [0.15, 0.2) is 59.3 Å². The van der Waals surface area contributed by atoms with Crippen molar-refractivity contribution in [2.45, 2.75) is 25.1 Å². The largest absolute Gasteiger partial charge is 0.451 e. The molecule has 0 bridgehead atoms. The van der Waals surface area contributed by atoms with Crippen LogP contribution in [-0.4, -0.2) is 34.7 Å². The summed E-state index contributed by atoms with van der Waals surface area (Å²) in [5, 5.41) is 12.8. The zero-order valence-corrected chi connectivity index (χ0v) is 16.6. The molecule has 0 spiro atoms. The molecule has 4 rings (SSSR count). The van der Waals surface area contributed by atoms with Crippen molar-refractivity contribution < 1.29 is 27.5 Å². The first kappa shape index (κ1) is 20.9. The molecule has 1 aliphatic rings. The number of aromatic nitrogens is 1. The van der Waals surface area contributed by atoms with E-state index in [1.54, 1.807) is 42.4 Å². The van der Waals surface area contributed by atoms with Gasteiger partial charge in [-0.2, -0.15) is 13.2 Å². The Kier molecular flexibility index (Phi) is 5.22. The van der Waals surface area contributed by atoms with Gasteiger partial charge in [-0.15, -0.1) is 0 Å². The van der Waals surface area contributed by atoms with Crippen LogP contribution in [-0.2, 0) is 6.18 Å². The lowest BCUT2D eigenvalue weighted by atomic mass is 10.1. The maximum atomic E-state index is 13.3. The quantitative estimate of drug-likeness (QED) is 0.633. The van der Waals surface area contributed by atoms with Gasteiger partial charge in [0.25, 0.3) is 5.91 Å². The molecule has 1 atom stereocenters. The number of pyridine rings is 1. The molecule has 1 amide bonds. The van der Waals surface area contributed by atoms with Crippen LogP contribution in [0, 0.1) is 0 Å². The Morgan fingerprint density at radius 3 is 2.58 bits per heavy atom. The zero-order valence-electron chi connectivity index (χ0n) is 16.6. The van der Waals surface area contributed by atoms with Crippen LogP contribution in [0.25, 0.3) is 11.3 Å². The van der Waals surface area contributed by atoms with Crippen LogP contribution >= 0.6 is 0 Å². The maximum absolute atomic E-state index is 13.3. The van der Waals surface area contributed by atoms with Crippen LogP contribution < -0.4 is 10.2 Å². The summed E-state index contributed by atoms with van der Waals surface area (Å²) in [5.74, 6) is -0.275. The van der Waals surface area contributed by atoms with E-state index in [4.69, 9.17) is 4.42 Å². The molecule has 0 aliphatic carbocycles. The third-order valence-electron chi connectivity index (χ3n) is 5.16. The number of anilines is 2. The van der Waals surface area contributed by atoms with Crippen molar-refractivity contribution in [2.75, 3.05) is 23.3 Å². The Labute approximate surface area is 176 Å². The van der Waals surface area contributed by atoms with Gasteiger partial charge in [-0.1, -0.05) is 0 Å². The number of halogens is 3. The average molecular weight is 431 g/mol. The average Bonchev–Trinajstić information content (AvgIpc) is 3.35. The fourth-order valence-corrected chi connectivity index (χ4v) is 3.55. The van der Waals surface area contributed by atoms with Crippen molar-refractivity contribution in [3.63, 3.8) is 0 Å². The predicted molar refractivity (Wildman–Crippen MR) is 109 cm³/mol. The standard InChI is InChI=1S/C22H20F3N3O3/c1-21(30)8-11-28(13-21)17-3-2-15(22(23,24)25)12-16(17)27-20(29)19-5-4-18(31-19)14-6-9-26-10-7-14/h2-7,9-10,12,30H,8,11,13H2,1H3,(H,27,29)/t21-/m1/s1. The number of hydrogen-bond donors (Lipinski definition) is 2. The molecule has 0 saturated carbocycles. The number of rotatable bonds is 4. The highest BCUT2D eigenvalue weighted by Crippen LogP contribution is 2.38. The number of carbonyl (C=O) groups excluding carboxylic acids is 1. The Bertz CT molecular complexity index is 1090. The van der Waals surface area contributed by atoms with E-state index in [9.17, 15) is 23.1 Å². The molecule has 2 N–H and O–H groups in total. The van der Waals surface area contributed by atoms with E-state index in [2.05, 4.69) is 10.3 Å². The lowest BCUT2D eigenvalue weighted by Crippen LogP contribution is -2.30. The highest BCUT2D eigenvalue weighted by molar-refractivity contribution is 6.04. The summed E-state index contributed by atoms with van der Waals surface area (Å²) in [6.45, 7) is 2.36. The normalized spacial score (nSPS) is 18.9. The molecular weight excluding hydrogens is 411 g/mol. The summed E-state index contributed by atoms with van der Waals surface area (Å²) in [6.07, 6.45) is -0.933. The number of aliphatic hydroxyl groups is 1. The van der Waals surface area contributed by atoms with E-state index in [0.29, 0.717) is 30.0 Å². The fraction of sp³-hybridized carbons (Fsp3) is 0.273. The summed E-state index contributed by atoms with van der Waals surface area (Å²) in [5.41, 5.74) is -0.716. The van der Waals surface area contributed by atoms with Crippen molar-refractivity contribution in [3.05, 3.63) is 66.2 Å². The van der Waals surface area contributed by atoms with E-state index < -0.39 is 23.2 Å². The monoisotopic (exact) mass is 431 g/mol. The molecule has 6 nitrogen and oxygen atoms in total. The predicted octanol–water partition coefficient (Wildman–Crippen LogP) is 4.57. The van der Waals surface area contributed by atoms with Gasteiger partial charge in [-0.05, 0) is 55.8 Å². The van der Waals surface area contributed by atoms with Crippen LogP contribution in [0.1, 0.15) is 29.5 Å². The van der Waals surface area contributed by atoms with Crippen LogP contribution in [0.2, 0.25) is 0 Å². The van der Waals surface area contributed by atoms with Crippen LogP contribution in [0.5, 0.6) is 0 Å². The highest BCUT2D eigenvalue weighted by Gasteiger charge is 2.35. The molecule has 1 saturated heterocycles. The Balaban J connectivity index is 1.63. The van der Waals surface area contributed by atoms with Crippen molar-refractivity contribution in [2.24, 2.45) is 0 Å². The molecule has 3 heterocycles. The first-order valence-electron chi connectivity index (χ1n) is 9.63. The van der Waals surface area contributed by atoms with Crippen molar-refractivity contribution >= 4 is 17.3 Å². The van der Waals surface area contributed by atoms with Crippen LogP contribution in [0.4, 0.5) is 24.5 Å². The molecule has 2 aromatic heterocycles. The number of nitrogens with one attached hydrogen (secondary N) is 1. The molecule has 0 radical (unpaired) electrons. The minimum absolute atomic E-state index is 0.000568. The number of alkyl halides is 3. The zero-order chi connectivity index (χ0) is 22.2. The summed E-state index contributed by atoms with van der Waals surface area (Å²) in [7, 11) is 0. The number of nitrogens with zero attached hydrogens (tertiary/aromatic N) is 2. The smallest absolute Gasteiger partial charge is 0.416 e. The lowest BCUT2D eigenvalue weighted by Gasteiger charge is -2.24. The van der Waals surface area contributed by atoms with Crippen molar-refractivity contribution in [3.8, 4) is 11.3 Å². The number of benzene rings is 1. The van der Waals surface area contributed by atoms with Gasteiger partial charge in [-0.3, -0.25) is 9.78 Å². The lowest BCUT2D eigenvalue weighted by molar-refractivity contribution is -0.137. The SMILES string of the molecule is C[C@@]1(O)CCN(c2ccc(C(F)(F)F)cc2NC(=O)c2ccc(-c3ccncc3)o2)C1. The number of carbonyl (C=O) groups is 1. The first-order valence-corrected chi connectivity index (χ1v) is 9.63. The highest BCUT2D eigenvalue weighted by atomic mass is 19.4. The molecule has 1 aromatic carbocycles. The third kappa shape index (κ3) is 4.56. The topological polar surface area (TPSA) is 78.6 Å². The van der Waals surface area contributed by atoms with Gasteiger partial charge >= 0.3 is 6.18 Å². The number of furan rings is 1. The van der Waals surface area contributed by atoms with Gasteiger partial charge in [0.2, 0.25) is 0 Å².